The number of hydrogen-bond donors (Lipinski definition) is 1. The molecule has 0 unspecified atom stereocenters. The smallest absolute Gasteiger partial charge is 0.284 e. The number of alkyl halides is 2. The molecule has 1 rings (SSSR count). The Morgan fingerprint density at radius 3 is 2.64 bits per heavy atom. The molecule has 0 bridgehead atoms. The van der Waals surface area contributed by atoms with E-state index in [1.165, 1.54) is 22.6 Å². The van der Waals surface area contributed by atoms with E-state index in [0.29, 0.717) is 0 Å². The normalized spacial score (nSPS) is 10.6. The fourth-order valence-corrected chi connectivity index (χ4v) is 1.67. The molecule has 2 N–H and O–H groups in total. The van der Waals surface area contributed by atoms with Gasteiger partial charge in [0.25, 0.3) is 12.1 Å². The summed E-state index contributed by atoms with van der Waals surface area (Å²) in [5.41, 5.74) is 3.81. The van der Waals surface area contributed by atoms with Crippen LogP contribution in [0.5, 0.6) is 0 Å². The monoisotopic (exact) mass is 315 g/mol. The van der Waals surface area contributed by atoms with Crippen LogP contribution in [0.2, 0.25) is 0 Å². The number of halogens is 3. The number of anilines is 1. The Hall–Kier alpha value is -1.06. The van der Waals surface area contributed by atoms with Crippen LogP contribution < -0.4 is 5.73 Å². The molecule has 0 saturated carbocycles. The fourth-order valence-electron chi connectivity index (χ4n) is 0.882. The van der Waals surface area contributed by atoms with Crippen LogP contribution in [0.15, 0.2) is 6.07 Å². The topological polar surface area (TPSA) is 82.0 Å². The lowest BCUT2D eigenvalue weighted by Gasteiger charge is -2.04. The third-order valence-electron chi connectivity index (χ3n) is 1.42. The van der Waals surface area contributed by atoms with Gasteiger partial charge >= 0.3 is 0 Å². The molecule has 1 aromatic heterocycles. The number of nitrogens with two attached hydrogens (primary N) is 1. The van der Waals surface area contributed by atoms with E-state index >= 15 is 0 Å². The van der Waals surface area contributed by atoms with Crippen LogP contribution in [0.3, 0.4) is 0 Å². The summed E-state index contributed by atoms with van der Waals surface area (Å²) in [7, 11) is 0. The Balaban J connectivity index is 3.44. The summed E-state index contributed by atoms with van der Waals surface area (Å²) in [6.45, 7) is 0. The van der Waals surface area contributed by atoms with Crippen molar-refractivity contribution >= 4 is 34.1 Å². The highest BCUT2D eigenvalue weighted by Crippen LogP contribution is 2.32. The molecule has 14 heavy (non-hydrogen) atoms. The molecule has 76 valence electrons. The molecule has 0 aromatic carbocycles. The minimum atomic E-state index is -2.93. The standard InChI is InChI=1S/C6H4F2IN3O2/c7-5(8)4-2(12(13)14)1-3(10)11-6(4)9/h1,5H,(H2,10,11). The SMILES string of the molecule is Nc1cc([N+](=O)[O-])c(C(F)F)c(I)n1. The lowest BCUT2D eigenvalue weighted by atomic mass is 10.2. The average Bonchev–Trinajstić information content (AvgIpc) is 2.01. The van der Waals surface area contributed by atoms with Crippen LogP contribution in [-0.4, -0.2) is 9.91 Å². The van der Waals surface area contributed by atoms with Gasteiger partial charge in [0.2, 0.25) is 0 Å². The van der Waals surface area contributed by atoms with Crippen LogP contribution in [-0.2, 0) is 0 Å². The van der Waals surface area contributed by atoms with Gasteiger partial charge in [-0.1, -0.05) is 0 Å². The number of nitrogen functional groups attached to an aromatic ring is 1. The van der Waals surface area contributed by atoms with Gasteiger partial charge in [0, 0.05) is 0 Å². The van der Waals surface area contributed by atoms with E-state index in [-0.39, 0.29) is 9.52 Å². The number of hydrogen-bond acceptors (Lipinski definition) is 4. The summed E-state index contributed by atoms with van der Waals surface area (Å²) < 4.78 is 24.6. The number of pyridine rings is 1. The molecule has 0 atom stereocenters. The largest absolute Gasteiger partial charge is 0.383 e. The Morgan fingerprint density at radius 1 is 1.64 bits per heavy atom. The zero-order valence-electron chi connectivity index (χ0n) is 6.58. The summed E-state index contributed by atoms with van der Waals surface area (Å²) in [5.74, 6) is -0.148. The van der Waals surface area contributed by atoms with Gasteiger partial charge in [0.05, 0.1) is 11.0 Å². The number of rotatable bonds is 2. The van der Waals surface area contributed by atoms with Gasteiger partial charge in [0.1, 0.15) is 15.1 Å². The zero-order valence-corrected chi connectivity index (χ0v) is 8.73. The van der Waals surface area contributed by atoms with Gasteiger partial charge in [0.15, 0.2) is 0 Å². The van der Waals surface area contributed by atoms with Crippen molar-refractivity contribution in [2.24, 2.45) is 0 Å². The first-order chi connectivity index (χ1) is 6.43. The molecule has 1 heterocycles. The highest BCUT2D eigenvalue weighted by molar-refractivity contribution is 14.1. The Bertz CT molecular complexity index is 386. The second kappa shape index (κ2) is 3.98. The average molecular weight is 315 g/mol. The van der Waals surface area contributed by atoms with Crippen molar-refractivity contribution < 1.29 is 13.7 Å². The van der Waals surface area contributed by atoms with Gasteiger partial charge in [-0.2, -0.15) is 0 Å². The van der Waals surface area contributed by atoms with Crippen molar-refractivity contribution in [3.05, 3.63) is 25.4 Å². The number of nitro groups is 1. The number of nitrogens with zero attached hydrogens (tertiary/aromatic N) is 2. The van der Waals surface area contributed by atoms with Gasteiger partial charge in [-0.25, -0.2) is 13.8 Å². The molecule has 0 aliphatic carbocycles. The molecule has 5 nitrogen and oxygen atoms in total. The summed E-state index contributed by atoms with van der Waals surface area (Å²) in [5, 5.41) is 10.4. The molecular weight excluding hydrogens is 311 g/mol. The zero-order chi connectivity index (χ0) is 10.9. The summed E-state index contributed by atoms with van der Waals surface area (Å²) >= 11 is 1.48. The van der Waals surface area contributed by atoms with Crippen LogP contribution in [0.4, 0.5) is 20.3 Å². The molecule has 0 radical (unpaired) electrons. The first-order valence-electron chi connectivity index (χ1n) is 3.32. The summed E-state index contributed by atoms with van der Waals surface area (Å²) in [6.07, 6.45) is -2.93. The maximum Gasteiger partial charge on any atom is 0.284 e. The third kappa shape index (κ3) is 2.05. The molecule has 0 saturated heterocycles. The highest BCUT2D eigenvalue weighted by Gasteiger charge is 2.26. The van der Waals surface area contributed by atoms with Crippen LogP contribution in [0.25, 0.3) is 0 Å². The molecule has 0 spiro atoms. The molecule has 0 fully saturated rings. The Morgan fingerprint density at radius 2 is 2.21 bits per heavy atom. The Kier molecular flexibility index (Phi) is 3.13. The van der Waals surface area contributed by atoms with Crippen LogP contribution in [0.1, 0.15) is 12.0 Å². The lowest BCUT2D eigenvalue weighted by Crippen LogP contribution is -2.03. The van der Waals surface area contributed by atoms with E-state index in [1.54, 1.807) is 0 Å². The van der Waals surface area contributed by atoms with Crippen molar-refractivity contribution in [2.75, 3.05) is 5.73 Å². The second-order valence-electron chi connectivity index (χ2n) is 2.33. The molecule has 0 aliphatic rings. The van der Waals surface area contributed by atoms with E-state index in [4.69, 9.17) is 5.73 Å². The molecule has 8 heteroatoms. The van der Waals surface area contributed by atoms with Crippen molar-refractivity contribution in [3.63, 3.8) is 0 Å². The summed E-state index contributed by atoms with van der Waals surface area (Å²) in [4.78, 5) is 13.0. The predicted octanol–water partition coefficient (Wildman–Crippen LogP) is 2.11. The highest BCUT2D eigenvalue weighted by atomic mass is 127. The van der Waals surface area contributed by atoms with Gasteiger partial charge < -0.3 is 5.73 Å². The lowest BCUT2D eigenvalue weighted by molar-refractivity contribution is -0.386. The van der Waals surface area contributed by atoms with E-state index in [9.17, 15) is 18.9 Å². The van der Waals surface area contributed by atoms with Crippen LogP contribution in [0, 0.1) is 13.8 Å². The van der Waals surface area contributed by atoms with Gasteiger partial charge in [-0.05, 0) is 22.6 Å². The molecule has 0 aliphatic heterocycles. The Labute approximate surface area is 90.6 Å². The van der Waals surface area contributed by atoms with Crippen LogP contribution >= 0.6 is 22.6 Å². The summed E-state index contributed by atoms with van der Waals surface area (Å²) in [6, 6.07) is 0.823. The van der Waals surface area contributed by atoms with Crippen molar-refractivity contribution in [1.29, 1.82) is 0 Å². The molecule has 0 amide bonds. The van der Waals surface area contributed by atoms with E-state index < -0.39 is 22.6 Å². The minimum Gasteiger partial charge on any atom is -0.383 e. The van der Waals surface area contributed by atoms with Gasteiger partial charge in [-0.15, -0.1) is 0 Å². The predicted molar refractivity (Wildman–Crippen MR) is 53.0 cm³/mol. The van der Waals surface area contributed by atoms with E-state index in [0.717, 1.165) is 6.07 Å². The molecule has 1 aromatic rings. The first-order valence-corrected chi connectivity index (χ1v) is 4.39. The maximum atomic E-state index is 12.4. The third-order valence-corrected chi connectivity index (χ3v) is 2.25. The van der Waals surface area contributed by atoms with E-state index in [1.807, 2.05) is 0 Å². The molecular formula is C6H4F2IN3O2. The van der Waals surface area contributed by atoms with E-state index in [2.05, 4.69) is 4.98 Å². The maximum absolute atomic E-state index is 12.4. The van der Waals surface area contributed by atoms with Crippen molar-refractivity contribution in [2.45, 2.75) is 6.43 Å². The minimum absolute atomic E-state index is 0.148. The second-order valence-corrected chi connectivity index (χ2v) is 3.35. The van der Waals surface area contributed by atoms with Crippen molar-refractivity contribution in [3.8, 4) is 0 Å². The number of aromatic nitrogens is 1. The van der Waals surface area contributed by atoms with Gasteiger partial charge in [-0.3, -0.25) is 10.1 Å². The fraction of sp³-hybridized carbons (Fsp3) is 0.167. The quantitative estimate of drug-likeness (QED) is 0.392. The first kappa shape index (κ1) is 11.0. The van der Waals surface area contributed by atoms with Crippen molar-refractivity contribution in [1.82, 2.24) is 4.98 Å².